The predicted octanol–water partition coefficient (Wildman–Crippen LogP) is 17.6. The highest BCUT2D eigenvalue weighted by Crippen LogP contribution is 2.51. The minimum absolute atomic E-state index is 0.164. The van der Waals surface area contributed by atoms with Crippen LogP contribution in [-0.2, 0) is 109 Å². The fourth-order valence-corrected chi connectivity index (χ4v) is 12.2. The summed E-state index contributed by atoms with van der Waals surface area (Å²) in [7, 11) is 0. The third-order valence-electron chi connectivity index (χ3n) is 18.3. The van der Waals surface area contributed by atoms with Gasteiger partial charge in [-0.05, 0) is 174 Å². The third-order valence-corrected chi connectivity index (χ3v) is 18.3. The first-order valence-corrected chi connectivity index (χ1v) is 32.3. The van der Waals surface area contributed by atoms with Crippen molar-refractivity contribution in [3.05, 3.63) is 233 Å². The van der Waals surface area contributed by atoms with E-state index in [9.17, 15) is 0 Å². The first kappa shape index (κ1) is 66.8. The zero-order chi connectivity index (χ0) is 63.7. The fraction of sp³-hybridized carbons (Fsp3) is 0.480. The molecule has 0 saturated heterocycles. The standard InChI is InChI=1S/C75H93N3O12/c1-67(2,55-37-19-13-20-38-55)82-79-61-49-31-34-52-73(61,88-85-70(7,8)58-43-25-16-26-44-58)64-76-65(74(89-86-71(9,10)59-45-27-17-28-46-59)53-35-32-50-62(74)80-83-68(3,4)56-39-21-14-22-40-56)78-66(77-64)75(90-87-72(11,12)60-47-29-18-30-48-60)54-36-33-51-63(75)81-84-69(5,6)57-41-23-15-24-42-57/h13-30,37-48,61-63H,31-36,49-54H2,1-12H3. The zero-order valence-corrected chi connectivity index (χ0v) is 54.8. The molecule has 0 spiro atoms. The van der Waals surface area contributed by atoms with E-state index in [2.05, 4.69) is 0 Å². The molecular weight excluding hydrogens is 1130 g/mol. The van der Waals surface area contributed by atoms with E-state index in [1.165, 1.54) is 0 Å². The molecule has 90 heavy (non-hydrogen) atoms. The molecule has 0 bridgehead atoms. The van der Waals surface area contributed by atoms with Crippen molar-refractivity contribution in [2.24, 2.45) is 0 Å². The molecule has 480 valence electrons. The summed E-state index contributed by atoms with van der Waals surface area (Å²) in [6, 6.07) is 59.9. The molecule has 0 N–H and O–H groups in total. The average Bonchev–Trinajstić information content (AvgIpc) is 0.766. The highest BCUT2D eigenvalue weighted by atomic mass is 17.3. The molecule has 3 fully saturated rings. The maximum absolute atomic E-state index is 7.28. The van der Waals surface area contributed by atoms with Gasteiger partial charge in [0.2, 0.25) is 0 Å². The second-order valence-electron chi connectivity index (χ2n) is 27.5. The van der Waals surface area contributed by atoms with Gasteiger partial charge in [-0.3, -0.25) is 0 Å². The molecule has 6 atom stereocenters. The Morgan fingerprint density at radius 3 is 0.656 bits per heavy atom. The Bertz CT molecular complexity index is 2990. The normalized spacial score (nSPS) is 23.1. The van der Waals surface area contributed by atoms with Crippen LogP contribution in [0.15, 0.2) is 182 Å². The van der Waals surface area contributed by atoms with Crippen LogP contribution >= 0.6 is 0 Å². The van der Waals surface area contributed by atoms with E-state index in [0.29, 0.717) is 57.8 Å². The number of benzene rings is 6. The molecular formula is C75H93N3O12. The van der Waals surface area contributed by atoms with Crippen LogP contribution in [0.25, 0.3) is 0 Å². The second-order valence-corrected chi connectivity index (χ2v) is 27.5. The minimum atomic E-state index is -1.63. The molecule has 3 aliphatic carbocycles. The van der Waals surface area contributed by atoms with Crippen LogP contribution in [-0.4, -0.2) is 33.3 Å². The molecule has 15 heteroatoms. The summed E-state index contributed by atoms with van der Waals surface area (Å²) in [6.45, 7) is 23.7. The van der Waals surface area contributed by atoms with Gasteiger partial charge in [0, 0.05) is 0 Å². The summed E-state index contributed by atoms with van der Waals surface area (Å²) in [5, 5.41) is 0. The number of hydrogen-bond donors (Lipinski definition) is 0. The van der Waals surface area contributed by atoms with Crippen LogP contribution in [0.4, 0.5) is 0 Å². The molecule has 1 heterocycles. The maximum Gasteiger partial charge on any atom is 0.192 e. The van der Waals surface area contributed by atoms with Gasteiger partial charge in [0.25, 0.3) is 0 Å². The lowest BCUT2D eigenvalue weighted by molar-refractivity contribution is -0.480. The highest BCUT2D eigenvalue weighted by Gasteiger charge is 2.59. The molecule has 10 rings (SSSR count). The summed E-state index contributed by atoms with van der Waals surface area (Å²) in [4.78, 5) is 101. The number of aromatic nitrogens is 3. The van der Waals surface area contributed by atoms with E-state index in [1.807, 2.05) is 265 Å². The molecule has 6 aromatic carbocycles. The fourth-order valence-electron chi connectivity index (χ4n) is 12.2. The molecule has 3 saturated carbocycles. The lowest BCUT2D eigenvalue weighted by Gasteiger charge is -2.46. The lowest BCUT2D eigenvalue weighted by atomic mass is 9.78. The van der Waals surface area contributed by atoms with E-state index < -0.39 is 68.7 Å². The predicted molar refractivity (Wildman–Crippen MR) is 341 cm³/mol. The van der Waals surface area contributed by atoms with Gasteiger partial charge in [-0.25, -0.2) is 73.6 Å². The van der Waals surface area contributed by atoms with Gasteiger partial charge in [0.1, 0.15) is 51.9 Å². The maximum atomic E-state index is 7.28. The minimum Gasteiger partial charge on any atom is -0.229 e. The monoisotopic (exact) mass is 1230 g/mol. The van der Waals surface area contributed by atoms with Gasteiger partial charge in [-0.2, -0.15) is 0 Å². The van der Waals surface area contributed by atoms with Crippen LogP contribution in [0.5, 0.6) is 0 Å². The first-order chi connectivity index (χ1) is 43.0. The van der Waals surface area contributed by atoms with Crippen LogP contribution in [0.2, 0.25) is 0 Å². The number of nitrogens with zero attached hydrogens (tertiary/aromatic N) is 3. The Hall–Kier alpha value is -6.15. The SMILES string of the molecule is CC(C)(OOC1CCCCC1(OOC(C)(C)c1ccccc1)c1nc(C2(OOC(C)(C)c3ccccc3)CCCCC2OOC(C)(C)c2ccccc2)nc(C2(OOC(C)(C)c3ccccc3)CCCCC2OOC(C)(C)c2ccccc2)n1)c1ccccc1. The van der Waals surface area contributed by atoms with E-state index in [1.54, 1.807) is 0 Å². The van der Waals surface area contributed by atoms with Gasteiger partial charge in [0.15, 0.2) is 34.3 Å². The molecule has 6 unspecified atom stereocenters. The smallest absolute Gasteiger partial charge is 0.192 e. The van der Waals surface area contributed by atoms with E-state index in [4.69, 9.17) is 73.6 Å². The van der Waals surface area contributed by atoms with Crippen LogP contribution in [0.1, 0.15) is 211 Å². The van der Waals surface area contributed by atoms with Crippen LogP contribution in [0.3, 0.4) is 0 Å². The number of rotatable bonds is 27. The third kappa shape index (κ3) is 15.0. The quantitative estimate of drug-likeness (QED) is 0.0355. The van der Waals surface area contributed by atoms with Gasteiger partial charge >= 0.3 is 0 Å². The average molecular weight is 1230 g/mol. The molecule has 3 aliphatic rings. The molecule has 7 aromatic rings. The van der Waals surface area contributed by atoms with Gasteiger partial charge in [0.05, 0.1) is 0 Å². The Morgan fingerprint density at radius 2 is 0.456 bits per heavy atom. The van der Waals surface area contributed by atoms with Gasteiger partial charge in [-0.15, -0.1) is 0 Å². The lowest BCUT2D eigenvalue weighted by Crippen LogP contribution is -2.54. The Balaban J connectivity index is 1.22. The Labute approximate surface area is 532 Å². The number of hydrogen-bond acceptors (Lipinski definition) is 15. The zero-order valence-electron chi connectivity index (χ0n) is 54.8. The van der Waals surface area contributed by atoms with E-state index in [0.717, 1.165) is 52.6 Å². The summed E-state index contributed by atoms with van der Waals surface area (Å²) < 4.78 is 0. The van der Waals surface area contributed by atoms with Crippen molar-refractivity contribution in [3.63, 3.8) is 0 Å². The Kier molecular flexibility index (Phi) is 20.8. The second kappa shape index (κ2) is 28.0. The molecule has 15 nitrogen and oxygen atoms in total. The van der Waals surface area contributed by atoms with Crippen molar-refractivity contribution in [2.45, 2.75) is 229 Å². The summed E-state index contributed by atoms with van der Waals surface area (Å²) in [6.07, 6.45) is 3.97. The van der Waals surface area contributed by atoms with Crippen molar-refractivity contribution in [1.29, 1.82) is 0 Å². The van der Waals surface area contributed by atoms with Crippen LogP contribution in [0, 0.1) is 0 Å². The van der Waals surface area contributed by atoms with Crippen molar-refractivity contribution in [2.75, 3.05) is 0 Å². The summed E-state index contributed by atoms with van der Waals surface area (Å²) in [5.74, 6) is 0.493. The van der Waals surface area contributed by atoms with Crippen molar-refractivity contribution >= 4 is 0 Å². The van der Waals surface area contributed by atoms with Crippen molar-refractivity contribution in [3.8, 4) is 0 Å². The van der Waals surface area contributed by atoms with E-state index in [-0.39, 0.29) is 17.5 Å². The summed E-state index contributed by atoms with van der Waals surface area (Å²) in [5.41, 5.74) is -5.34. The van der Waals surface area contributed by atoms with Crippen LogP contribution < -0.4 is 0 Å². The highest BCUT2D eigenvalue weighted by molar-refractivity contribution is 5.27. The molecule has 1 aromatic heterocycles. The van der Waals surface area contributed by atoms with Crippen molar-refractivity contribution < 1.29 is 58.7 Å². The summed E-state index contributed by atoms with van der Waals surface area (Å²) >= 11 is 0. The Morgan fingerprint density at radius 1 is 0.267 bits per heavy atom. The first-order valence-electron chi connectivity index (χ1n) is 32.3. The topological polar surface area (TPSA) is 149 Å². The van der Waals surface area contributed by atoms with Gasteiger partial charge in [-0.1, -0.05) is 201 Å². The van der Waals surface area contributed by atoms with E-state index >= 15 is 0 Å². The molecule has 0 radical (unpaired) electrons. The van der Waals surface area contributed by atoms with Crippen molar-refractivity contribution in [1.82, 2.24) is 15.0 Å². The molecule has 0 amide bonds. The van der Waals surface area contributed by atoms with Gasteiger partial charge < -0.3 is 0 Å². The molecule has 0 aliphatic heterocycles. The largest absolute Gasteiger partial charge is 0.229 e.